The van der Waals surface area contributed by atoms with Gasteiger partial charge in [0.1, 0.15) is 0 Å². The third-order valence-electron chi connectivity index (χ3n) is 6.09. The van der Waals surface area contributed by atoms with E-state index < -0.39 is 0 Å². The Morgan fingerprint density at radius 3 is 2.48 bits per heavy atom. The number of carbonyl (C=O) groups is 2. The predicted molar refractivity (Wildman–Crippen MR) is 130 cm³/mol. The lowest BCUT2D eigenvalue weighted by Gasteiger charge is -2.24. The van der Waals surface area contributed by atoms with E-state index in [4.69, 9.17) is 15.2 Å². The highest BCUT2D eigenvalue weighted by atomic mass is 16.5. The van der Waals surface area contributed by atoms with E-state index in [1.807, 2.05) is 24.3 Å². The van der Waals surface area contributed by atoms with Crippen molar-refractivity contribution in [3.8, 4) is 11.5 Å². The van der Waals surface area contributed by atoms with Crippen molar-refractivity contribution < 1.29 is 19.1 Å². The summed E-state index contributed by atoms with van der Waals surface area (Å²) in [6, 6.07) is 12.9. The predicted octanol–water partition coefficient (Wildman–Crippen LogP) is 4.21. The molecule has 1 aliphatic carbocycles. The number of carbonyl (C=O) groups excluding carboxylic acids is 2. The van der Waals surface area contributed by atoms with Crippen molar-refractivity contribution in [3.63, 3.8) is 0 Å². The maximum absolute atomic E-state index is 13.3. The van der Waals surface area contributed by atoms with Crippen LogP contribution in [0.2, 0.25) is 0 Å². The zero-order valence-electron chi connectivity index (χ0n) is 19.6. The van der Waals surface area contributed by atoms with E-state index in [1.54, 1.807) is 37.3 Å². The molecule has 2 aromatic rings. The monoisotopic (exact) mass is 453 g/mol. The highest BCUT2D eigenvalue weighted by Gasteiger charge is 2.22. The molecule has 0 spiro atoms. The van der Waals surface area contributed by atoms with E-state index >= 15 is 0 Å². The lowest BCUT2D eigenvalue weighted by atomic mass is 9.88. The van der Waals surface area contributed by atoms with Crippen LogP contribution < -0.4 is 20.5 Å². The SMILES string of the molecule is COc1ccc(C(=O)N(CCCN)Cc2cccc(NC(=O)C3CCCCC3)c2)cc1OC. The van der Waals surface area contributed by atoms with Crippen molar-refractivity contribution in [3.05, 3.63) is 53.6 Å². The molecule has 3 rings (SSSR count). The molecule has 1 saturated carbocycles. The first-order valence-electron chi connectivity index (χ1n) is 11.7. The van der Waals surface area contributed by atoms with Crippen LogP contribution in [-0.4, -0.2) is 44.0 Å². The second kappa shape index (κ2) is 12.3. The molecule has 1 fully saturated rings. The van der Waals surface area contributed by atoms with Gasteiger partial charge in [0.15, 0.2) is 11.5 Å². The zero-order valence-corrected chi connectivity index (χ0v) is 19.6. The van der Waals surface area contributed by atoms with Crippen LogP contribution in [0.25, 0.3) is 0 Å². The van der Waals surface area contributed by atoms with Crippen LogP contribution in [0.4, 0.5) is 5.69 Å². The van der Waals surface area contributed by atoms with E-state index in [9.17, 15) is 9.59 Å². The summed E-state index contributed by atoms with van der Waals surface area (Å²) in [5.74, 6) is 1.16. The van der Waals surface area contributed by atoms with Crippen LogP contribution in [0.1, 0.15) is 54.4 Å². The maximum Gasteiger partial charge on any atom is 0.254 e. The number of nitrogens with zero attached hydrogens (tertiary/aromatic N) is 1. The van der Waals surface area contributed by atoms with Crippen LogP contribution in [0.3, 0.4) is 0 Å². The molecule has 178 valence electrons. The van der Waals surface area contributed by atoms with Crippen molar-refractivity contribution in [2.24, 2.45) is 11.7 Å². The van der Waals surface area contributed by atoms with E-state index in [-0.39, 0.29) is 17.7 Å². The fourth-order valence-corrected chi connectivity index (χ4v) is 4.26. The zero-order chi connectivity index (χ0) is 23.6. The smallest absolute Gasteiger partial charge is 0.254 e. The Balaban J connectivity index is 1.74. The lowest BCUT2D eigenvalue weighted by Crippen LogP contribution is -2.32. The average Bonchev–Trinajstić information content (AvgIpc) is 2.86. The summed E-state index contributed by atoms with van der Waals surface area (Å²) in [5.41, 5.74) is 7.95. The second-order valence-corrected chi connectivity index (χ2v) is 8.46. The number of benzene rings is 2. The van der Waals surface area contributed by atoms with Gasteiger partial charge < -0.3 is 25.4 Å². The molecule has 0 atom stereocenters. The van der Waals surface area contributed by atoms with Crippen LogP contribution in [0.15, 0.2) is 42.5 Å². The molecule has 2 amide bonds. The third kappa shape index (κ3) is 6.71. The van der Waals surface area contributed by atoms with Gasteiger partial charge in [0, 0.05) is 30.3 Å². The van der Waals surface area contributed by atoms with E-state index in [2.05, 4.69) is 5.32 Å². The van der Waals surface area contributed by atoms with Gasteiger partial charge in [0.25, 0.3) is 5.91 Å². The number of rotatable bonds is 10. The molecular weight excluding hydrogens is 418 g/mol. The van der Waals surface area contributed by atoms with Gasteiger partial charge >= 0.3 is 0 Å². The maximum atomic E-state index is 13.3. The van der Waals surface area contributed by atoms with Crippen LogP contribution in [0, 0.1) is 5.92 Å². The fourth-order valence-electron chi connectivity index (χ4n) is 4.26. The summed E-state index contributed by atoms with van der Waals surface area (Å²) in [5, 5.41) is 3.06. The molecule has 0 radical (unpaired) electrons. The Bertz CT molecular complexity index is 941. The minimum absolute atomic E-state index is 0.0910. The van der Waals surface area contributed by atoms with Gasteiger partial charge in [-0.05, 0) is 61.7 Å². The summed E-state index contributed by atoms with van der Waals surface area (Å²) >= 11 is 0. The Hall–Kier alpha value is -3.06. The minimum atomic E-state index is -0.110. The number of hydrogen-bond acceptors (Lipinski definition) is 5. The number of methoxy groups -OCH3 is 2. The number of hydrogen-bond donors (Lipinski definition) is 2. The number of nitrogens with one attached hydrogen (secondary N) is 1. The third-order valence-corrected chi connectivity index (χ3v) is 6.09. The topological polar surface area (TPSA) is 93.9 Å². The van der Waals surface area contributed by atoms with Crippen molar-refractivity contribution >= 4 is 17.5 Å². The molecule has 0 saturated heterocycles. The number of nitrogens with two attached hydrogens (primary N) is 1. The minimum Gasteiger partial charge on any atom is -0.493 e. The first-order valence-corrected chi connectivity index (χ1v) is 11.7. The highest BCUT2D eigenvalue weighted by Crippen LogP contribution is 2.29. The largest absolute Gasteiger partial charge is 0.493 e. The number of anilines is 1. The summed E-state index contributed by atoms with van der Waals surface area (Å²) < 4.78 is 10.6. The quantitative estimate of drug-likeness (QED) is 0.562. The Morgan fingerprint density at radius 1 is 1.03 bits per heavy atom. The summed E-state index contributed by atoms with van der Waals surface area (Å²) in [6.07, 6.45) is 6.05. The molecule has 0 aliphatic heterocycles. The van der Waals surface area contributed by atoms with Gasteiger partial charge in [-0.3, -0.25) is 9.59 Å². The molecule has 33 heavy (non-hydrogen) atoms. The first kappa shape index (κ1) is 24.6. The first-order chi connectivity index (χ1) is 16.0. The normalized spacial score (nSPS) is 13.9. The molecule has 0 bridgehead atoms. The molecule has 0 unspecified atom stereocenters. The molecule has 0 heterocycles. The van der Waals surface area contributed by atoms with Gasteiger partial charge in [-0.1, -0.05) is 31.4 Å². The van der Waals surface area contributed by atoms with Crippen molar-refractivity contribution in [1.29, 1.82) is 0 Å². The fraction of sp³-hybridized carbons (Fsp3) is 0.462. The number of ether oxygens (including phenoxy) is 2. The lowest BCUT2D eigenvalue weighted by molar-refractivity contribution is -0.120. The number of amides is 2. The van der Waals surface area contributed by atoms with Crippen molar-refractivity contribution in [2.75, 3.05) is 32.6 Å². The molecule has 7 nitrogen and oxygen atoms in total. The van der Waals surface area contributed by atoms with Crippen LogP contribution >= 0.6 is 0 Å². The molecule has 1 aliphatic rings. The van der Waals surface area contributed by atoms with Crippen molar-refractivity contribution in [2.45, 2.75) is 45.1 Å². The molecule has 0 aromatic heterocycles. The highest BCUT2D eigenvalue weighted by molar-refractivity contribution is 5.95. The van der Waals surface area contributed by atoms with Gasteiger partial charge in [0.2, 0.25) is 5.91 Å². The Morgan fingerprint density at radius 2 is 1.79 bits per heavy atom. The van der Waals surface area contributed by atoms with E-state index in [0.717, 1.165) is 36.9 Å². The van der Waals surface area contributed by atoms with E-state index in [1.165, 1.54) is 6.42 Å². The van der Waals surface area contributed by atoms with Gasteiger partial charge in [0.05, 0.1) is 14.2 Å². The molecule has 7 heteroatoms. The second-order valence-electron chi connectivity index (χ2n) is 8.46. The Kier molecular flexibility index (Phi) is 9.13. The molecule has 2 aromatic carbocycles. The summed E-state index contributed by atoms with van der Waals surface area (Å²) in [4.78, 5) is 27.7. The van der Waals surface area contributed by atoms with Gasteiger partial charge in [-0.2, -0.15) is 0 Å². The summed E-state index contributed by atoms with van der Waals surface area (Å²) in [7, 11) is 3.11. The summed E-state index contributed by atoms with van der Waals surface area (Å²) in [6.45, 7) is 1.44. The molecule has 3 N–H and O–H groups in total. The van der Waals surface area contributed by atoms with Crippen molar-refractivity contribution in [1.82, 2.24) is 4.90 Å². The van der Waals surface area contributed by atoms with Gasteiger partial charge in [-0.15, -0.1) is 0 Å². The van der Waals surface area contributed by atoms with Crippen LogP contribution in [0.5, 0.6) is 11.5 Å². The molecular formula is C26H35N3O4. The average molecular weight is 454 g/mol. The van der Waals surface area contributed by atoms with Gasteiger partial charge in [-0.25, -0.2) is 0 Å². The van der Waals surface area contributed by atoms with E-state index in [0.29, 0.717) is 43.1 Å². The standard InChI is InChI=1S/C26H35N3O4/c1-32-23-13-12-21(17-24(23)33-2)26(31)29(15-7-14-27)18-19-8-6-11-22(16-19)28-25(30)20-9-4-3-5-10-20/h6,8,11-13,16-17,20H,3-5,7,9-10,14-15,18,27H2,1-2H3,(H,28,30). The van der Waals surface area contributed by atoms with Crippen LogP contribution in [-0.2, 0) is 11.3 Å². The Labute approximate surface area is 196 Å².